The molecule has 6 nitrogen and oxygen atoms in total. The molecule has 2 rings (SSSR count). The molecule has 1 heterocycles. The van der Waals surface area contributed by atoms with Crippen molar-refractivity contribution >= 4 is 23.2 Å². The number of pyridine rings is 1. The van der Waals surface area contributed by atoms with Gasteiger partial charge in [-0.05, 0) is 24.5 Å². The molecule has 0 amide bonds. The topological polar surface area (TPSA) is 71.3 Å². The summed E-state index contributed by atoms with van der Waals surface area (Å²) in [6.07, 6.45) is 4.64. The summed E-state index contributed by atoms with van der Waals surface area (Å²) in [5, 5.41) is 14.2. The van der Waals surface area contributed by atoms with Crippen molar-refractivity contribution in [2.45, 2.75) is 25.4 Å². The second-order valence-corrected chi connectivity index (χ2v) is 5.29. The fourth-order valence-electron chi connectivity index (χ4n) is 1.92. The summed E-state index contributed by atoms with van der Waals surface area (Å²) in [5.41, 5.74) is 0.857. The Morgan fingerprint density at radius 3 is 2.85 bits per heavy atom. The number of hydrogen-bond donors (Lipinski definition) is 1. The van der Waals surface area contributed by atoms with Crippen LogP contribution in [0, 0.1) is 10.1 Å². The molecule has 1 N–H and O–H groups in total. The van der Waals surface area contributed by atoms with Crippen molar-refractivity contribution in [2.24, 2.45) is 0 Å². The lowest BCUT2D eigenvalue weighted by atomic mass is 10.2. The van der Waals surface area contributed by atoms with Crippen LogP contribution < -0.4 is 5.32 Å². The van der Waals surface area contributed by atoms with E-state index in [-0.39, 0.29) is 5.15 Å². The number of nitrogens with one attached hydrogen (secondary N) is 1. The summed E-state index contributed by atoms with van der Waals surface area (Å²) < 4.78 is 0. The van der Waals surface area contributed by atoms with Crippen LogP contribution in [-0.4, -0.2) is 27.9 Å². The molecule has 20 heavy (non-hydrogen) atoms. The van der Waals surface area contributed by atoms with Gasteiger partial charge in [0, 0.05) is 25.8 Å². The first-order valence-corrected chi connectivity index (χ1v) is 6.86. The van der Waals surface area contributed by atoms with Crippen molar-refractivity contribution in [3.8, 4) is 0 Å². The number of hydrogen-bond acceptors (Lipinski definition) is 5. The third-order valence-corrected chi connectivity index (χ3v) is 3.67. The quantitative estimate of drug-likeness (QED) is 0.496. The molecule has 1 aliphatic rings. The third kappa shape index (κ3) is 3.74. The van der Waals surface area contributed by atoms with Gasteiger partial charge in [-0.15, -0.1) is 0 Å². The zero-order valence-electron chi connectivity index (χ0n) is 10.8. The van der Waals surface area contributed by atoms with Crippen LogP contribution in [-0.2, 0) is 6.54 Å². The normalized spacial score (nSPS) is 15.1. The highest BCUT2D eigenvalue weighted by molar-refractivity contribution is 6.41. The van der Waals surface area contributed by atoms with Gasteiger partial charge in [0.2, 0.25) is 0 Å². The predicted octanol–water partition coefficient (Wildman–Crippen LogP) is 2.65. The monoisotopic (exact) mass is 316 g/mol. The minimum Gasteiger partial charge on any atom is -0.370 e. The minimum atomic E-state index is -0.464. The van der Waals surface area contributed by atoms with E-state index in [2.05, 4.69) is 10.3 Å². The van der Waals surface area contributed by atoms with Crippen LogP contribution in [0.5, 0.6) is 0 Å². The molecule has 0 saturated heterocycles. The molecular weight excluding hydrogens is 303 g/mol. The van der Waals surface area contributed by atoms with Crippen molar-refractivity contribution in [3.05, 3.63) is 50.1 Å². The Hall–Kier alpha value is -1.53. The zero-order valence-corrected chi connectivity index (χ0v) is 12.4. The third-order valence-electron chi connectivity index (χ3n) is 2.99. The van der Waals surface area contributed by atoms with Crippen LogP contribution in [0.25, 0.3) is 0 Å². The fourth-order valence-corrected chi connectivity index (χ4v) is 2.22. The van der Waals surface area contributed by atoms with Crippen molar-refractivity contribution in [2.75, 3.05) is 7.05 Å². The van der Waals surface area contributed by atoms with Gasteiger partial charge in [-0.25, -0.2) is 4.98 Å². The van der Waals surface area contributed by atoms with Crippen LogP contribution in [0.4, 0.5) is 0 Å². The van der Waals surface area contributed by atoms with Gasteiger partial charge in [0.15, 0.2) is 5.82 Å². The zero-order chi connectivity index (χ0) is 14.7. The maximum Gasteiger partial charge on any atom is 0.274 e. The molecular formula is C12H14Cl2N4O2. The summed E-state index contributed by atoms with van der Waals surface area (Å²) in [4.78, 5) is 16.2. The molecule has 1 aliphatic carbocycles. The smallest absolute Gasteiger partial charge is 0.274 e. The summed E-state index contributed by atoms with van der Waals surface area (Å²) in [5.74, 6) is 0.476. The van der Waals surface area contributed by atoms with Gasteiger partial charge in [0.25, 0.3) is 6.20 Å². The highest BCUT2D eigenvalue weighted by Crippen LogP contribution is 2.31. The van der Waals surface area contributed by atoms with Crippen LogP contribution >= 0.6 is 23.2 Å². The van der Waals surface area contributed by atoms with E-state index < -0.39 is 4.92 Å². The fraction of sp³-hybridized carbons (Fsp3) is 0.417. The molecule has 8 heteroatoms. The Morgan fingerprint density at radius 1 is 1.65 bits per heavy atom. The lowest BCUT2D eigenvalue weighted by Crippen LogP contribution is -2.32. The van der Waals surface area contributed by atoms with E-state index in [1.807, 2.05) is 4.90 Å². The standard InChI is InChI=1S/C12H14Cl2N4O2/c1-15-11(7-18(19)20)17(9-2-3-9)6-8-4-10(13)12(14)16-5-8/h4-5,7,9,15H,2-3,6H2,1H3/b11-7+. The summed E-state index contributed by atoms with van der Waals surface area (Å²) in [6.45, 7) is 0.495. The second kappa shape index (κ2) is 6.28. The number of halogens is 2. The number of aromatic nitrogens is 1. The van der Waals surface area contributed by atoms with Gasteiger partial charge in [-0.2, -0.15) is 0 Å². The summed E-state index contributed by atoms with van der Waals surface area (Å²) in [7, 11) is 1.66. The Labute approximate surface area is 126 Å². The van der Waals surface area contributed by atoms with Gasteiger partial charge in [-0.3, -0.25) is 10.1 Å². The molecule has 1 aromatic heterocycles. The summed E-state index contributed by atoms with van der Waals surface area (Å²) >= 11 is 11.7. The van der Waals surface area contributed by atoms with Crippen LogP contribution in [0.1, 0.15) is 18.4 Å². The largest absolute Gasteiger partial charge is 0.370 e. The van der Waals surface area contributed by atoms with Crippen molar-refractivity contribution in [1.29, 1.82) is 0 Å². The van der Waals surface area contributed by atoms with E-state index in [0.29, 0.717) is 23.4 Å². The second-order valence-electron chi connectivity index (χ2n) is 4.52. The van der Waals surface area contributed by atoms with Crippen LogP contribution in [0.2, 0.25) is 10.2 Å². The highest BCUT2D eigenvalue weighted by atomic mass is 35.5. The molecule has 0 unspecified atom stereocenters. The Bertz CT molecular complexity index is 546. The average Bonchev–Trinajstić information content (AvgIpc) is 3.21. The Balaban J connectivity index is 2.20. The van der Waals surface area contributed by atoms with Crippen LogP contribution in [0.15, 0.2) is 24.3 Å². The maximum absolute atomic E-state index is 10.7. The van der Waals surface area contributed by atoms with Crippen molar-refractivity contribution < 1.29 is 4.92 Å². The number of nitro groups is 1. The molecule has 1 aromatic rings. The van der Waals surface area contributed by atoms with E-state index in [9.17, 15) is 10.1 Å². The van der Waals surface area contributed by atoms with Gasteiger partial charge >= 0.3 is 0 Å². The molecule has 0 atom stereocenters. The molecule has 0 radical (unpaired) electrons. The summed E-state index contributed by atoms with van der Waals surface area (Å²) in [6, 6.07) is 2.04. The van der Waals surface area contributed by atoms with E-state index in [1.165, 1.54) is 0 Å². The van der Waals surface area contributed by atoms with Gasteiger partial charge in [-0.1, -0.05) is 23.2 Å². The Kier molecular flexibility index (Phi) is 4.67. The molecule has 0 aromatic carbocycles. The number of rotatable bonds is 6. The molecule has 0 aliphatic heterocycles. The van der Waals surface area contributed by atoms with E-state index in [0.717, 1.165) is 24.6 Å². The average molecular weight is 317 g/mol. The maximum atomic E-state index is 10.7. The van der Waals surface area contributed by atoms with E-state index in [4.69, 9.17) is 23.2 Å². The first-order chi connectivity index (χ1) is 9.51. The molecule has 1 saturated carbocycles. The van der Waals surface area contributed by atoms with Gasteiger partial charge in [0.1, 0.15) is 5.15 Å². The van der Waals surface area contributed by atoms with Crippen LogP contribution in [0.3, 0.4) is 0 Å². The lowest BCUT2D eigenvalue weighted by molar-refractivity contribution is -0.404. The van der Waals surface area contributed by atoms with Crippen molar-refractivity contribution in [1.82, 2.24) is 15.2 Å². The predicted molar refractivity (Wildman–Crippen MR) is 77.0 cm³/mol. The molecule has 0 bridgehead atoms. The molecule has 108 valence electrons. The first-order valence-electron chi connectivity index (χ1n) is 6.11. The minimum absolute atomic E-state index is 0.253. The van der Waals surface area contributed by atoms with E-state index in [1.54, 1.807) is 19.3 Å². The van der Waals surface area contributed by atoms with E-state index >= 15 is 0 Å². The number of nitrogens with zero attached hydrogens (tertiary/aromatic N) is 3. The van der Waals surface area contributed by atoms with Gasteiger partial charge < -0.3 is 10.2 Å². The molecule has 1 fully saturated rings. The lowest BCUT2D eigenvalue weighted by Gasteiger charge is -2.25. The highest BCUT2D eigenvalue weighted by Gasteiger charge is 2.31. The Morgan fingerprint density at radius 2 is 2.35 bits per heavy atom. The molecule has 0 spiro atoms. The first kappa shape index (κ1) is 14.9. The van der Waals surface area contributed by atoms with Crippen molar-refractivity contribution in [3.63, 3.8) is 0 Å². The van der Waals surface area contributed by atoms with Gasteiger partial charge in [0.05, 0.1) is 9.95 Å². The SMILES string of the molecule is CN/C(=C\[N+](=O)[O-])N(Cc1cnc(Cl)c(Cl)c1)C1CC1.